The van der Waals surface area contributed by atoms with Crippen LogP contribution in [0.1, 0.15) is 5.69 Å². The molecule has 0 saturated carbocycles. The molecule has 4 aromatic rings. The number of hydrogen-bond donors (Lipinski definition) is 0. The van der Waals surface area contributed by atoms with Crippen LogP contribution in [0.15, 0.2) is 89.9 Å². The van der Waals surface area contributed by atoms with Crippen LogP contribution in [-0.4, -0.2) is 21.2 Å². The van der Waals surface area contributed by atoms with Gasteiger partial charge in [-0.25, -0.2) is 4.68 Å². The summed E-state index contributed by atoms with van der Waals surface area (Å²) in [5.41, 5.74) is 4.22. The fourth-order valence-electron chi connectivity index (χ4n) is 2.68. The predicted octanol–water partition coefficient (Wildman–Crippen LogP) is 5.34. The molecule has 0 fully saturated rings. The number of aliphatic imine (C=N–C) groups is 1. The molecule has 126 valence electrons. The topological polar surface area (TPSA) is 43.1 Å². The average molecular weight is 359 g/mol. The Bertz CT molecular complexity index is 1040. The van der Waals surface area contributed by atoms with Crippen LogP contribution in [0, 0.1) is 0 Å². The molecule has 4 rings (SSSR count). The zero-order chi connectivity index (χ0) is 17.8. The van der Waals surface area contributed by atoms with Crippen molar-refractivity contribution in [1.29, 1.82) is 0 Å². The first-order valence-electron chi connectivity index (χ1n) is 8.18. The third-order valence-corrected chi connectivity index (χ3v) is 4.24. The van der Waals surface area contributed by atoms with E-state index >= 15 is 0 Å². The molecule has 0 N–H and O–H groups in total. The van der Waals surface area contributed by atoms with Crippen LogP contribution < -0.4 is 0 Å². The highest BCUT2D eigenvalue weighted by atomic mass is 35.5. The zero-order valence-corrected chi connectivity index (χ0v) is 14.6. The van der Waals surface area contributed by atoms with E-state index in [1.54, 1.807) is 6.21 Å². The van der Waals surface area contributed by atoms with E-state index in [-0.39, 0.29) is 0 Å². The summed E-state index contributed by atoms with van der Waals surface area (Å²) in [7, 11) is 0. The fourth-order valence-corrected chi connectivity index (χ4v) is 2.87. The van der Waals surface area contributed by atoms with E-state index in [9.17, 15) is 0 Å². The maximum absolute atomic E-state index is 6.19. The third-order valence-electron chi connectivity index (χ3n) is 3.92. The number of aromatic nitrogens is 3. The Labute approximate surface area is 156 Å². The molecule has 0 aliphatic rings. The zero-order valence-electron chi connectivity index (χ0n) is 13.8. The van der Waals surface area contributed by atoms with Crippen molar-refractivity contribution in [2.45, 2.75) is 0 Å². The minimum Gasteiger partial charge on any atom is -0.253 e. The molecule has 0 bridgehead atoms. The van der Waals surface area contributed by atoms with Crippen LogP contribution in [-0.2, 0) is 0 Å². The second-order valence-corrected chi connectivity index (χ2v) is 6.05. The molecule has 3 aromatic carbocycles. The molecule has 0 unspecified atom stereocenters. The van der Waals surface area contributed by atoms with Crippen LogP contribution in [0.4, 0.5) is 5.69 Å². The van der Waals surface area contributed by atoms with Gasteiger partial charge in [0.15, 0.2) is 0 Å². The lowest BCUT2D eigenvalue weighted by Gasteiger charge is -2.07. The highest BCUT2D eigenvalue weighted by Crippen LogP contribution is 2.26. The molecule has 0 spiro atoms. The molecule has 0 atom stereocenters. The Morgan fingerprint density at radius 2 is 1.46 bits per heavy atom. The van der Waals surface area contributed by atoms with Gasteiger partial charge < -0.3 is 0 Å². The lowest BCUT2D eigenvalue weighted by molar-refractivity contribution is 0.807. The number of para-hydroxylation sites is 2. The van der Waals surface area contributed by atoms with Gasteiger partial charge in [-0.3, -0.25) is 4.99 Å². The Kier molecular flexibility index (Phi) is 4.58. The Morgan fingerprint density at radius 3 is 2.19 bits per heavy atom. The SMILES string of the molecule is Clc1ccccc1N=Cc1nnn(-c2ccccc2)c1-c1ccccc1. The number of hydrogen-bond acceptors (Lipinski definition) is 3. The molecule has 0 amide bonds. The maximum atomic E-state index is 6.19. The third kappa shape index (κ3) is 3.27. The molecule has 0 radical (unpaired) electrons. The van der Waals surface area contributed by atoms with Crippen molar-refractivity contribution >= 4 is 23.5 Å². The van der Waals surface area contributed by atoms with Gasteiger partial charge in [0.25, 0.3) is 0 Å². The normalized spacial score (nSPS) is 11.1. The first-order valence-corrected chi connectivity index (χ1v) is 8.56. The quantitative estimate of drug-likeness (QED) is 0.462. The van der Waals surface area contributed by atoms with Crippen LogP contribution >= 0.6 is 11.6 Å². The molecule has 4 nitrogen and oxygen atoms in total. The second-order valence-electron chi connectivity index (χ2n) is 5.65. The standard InChI is InChI=1S/C21H15ClN4/c22-18-13-7-8-14-19(18)23-15-20-21(16-9-3-1-4-10-16)26(25-24-20)17-11-5-2-6-12-17/h1-15H. The van der Waals surface area contributed by atoms with Crippen LogP contribution in [0.3, 0.4) is 0 Å². The summed E-state index contributed by atoms with van der Waals surface area (Å²) in [4.78, 5) is 4.50. The molecule has 0 aliphatic heterocycles. The number of rotatable bonds is 4. The monoisotopic (exact) mass is 358 g/mol. The van der Waals surface area contributed by atoms with Crippen molar-refractivity contribution in [3.8, 4) is 16.9 Å². The molecule has 1 aromatic heterocycles. The van der Waals surface area contributed by atoms with E-state index in [0.29, 0.717) is 16.4 Å². The largest absolute Gasteiger partial charge is 0.253 e. The average Bonchev–Trinajstić information content (AvgIpc) is 3.13. The highest BCUT2D eigenvalue weighted by molar-refractivity contribution is 6.33. The minimum atomic E-state index is 0.598. The summed E-state index contributed by atoms with van der Waals surface area (Å²) in [5.74, 6) is 0. The van der Waals surface area contributed by atoms with E-state index < -0.39 is 0 Å². The molecule has 26 heavy (non-hydrogen) atoms. The lowest BCUT2D eigenvalue weighted by atomic mass is 10.1. The van der Waals surface area contributed by atoms with E-state index in [1.165, 1.54) is 0 Å². The van der Waals surface area contributed by atoms with E-state index in [2.05, 4.69) is 15.3 Å². The Morgan fingerprint density at radius 1 is 0.808 bits per heavy atom. The van der Waals surface area contributed by atoms with Crippen molar-refractivity contribution in [3.05, 3.63) is 95.6 Å². The number of benzene rings is 3. The summed E-state index contributed by atoms with van der Waals surface area (Å²) in [6.45, 7) is 0. The predicted molar refractivity (Wildman–Crippen MR) is 106 cm³/mol. The molecule has 0 saturated heterocycles. The molecular formula is C21H15ClN4. The van der Waals surface area contributed by atoms with Crippen molar-refractivity contribution in [2.24, 2.45) is 4.99 Å². The first-order chi connectivity index (χ1) is 12.8. The fraction of sp³-hybridized carbons (Fsp3) is 0. The molecule has 0 aliphatic carbocycles. The molecule has 1 heterocycles. The lowest BCUT2D eigenvalue weighted by Crippen LogP contribution is -1.99. The van der Waals surface area contributed by atoms with Gasteiger partial charge in [-0.05, 0) is 24.3 Å². The summed E-state index contributed by atoms with van der Waals surface area (Å²) in [6.07, 6.45) is 1.70. The first kappa shape index (κ1) is 16.2. The highest BCUT2D eigenvalue weighted by Gasteiger charge is 2.14. The second kappa shape index (κ2) is 7.33. The van der Waals surface area contributed by atoms with Crippen LogP contribution in [0.5, 0.6) is 0 Å². The summed E-state index contributed by atoms with van der Waals surface area (Å²) < 4.78 is 1.82. The summed E-state index contributed by atoms with van der Waals surface area (Å²) in [6, 6.07) is 27.4. The van der Waals surface area contributed by atoms with Gasteiger partial charge in [0.2, 0.25) is 0 Å². The van der Waals surface area contributed by atoms with Crippen LogP contribution in [0.2, 0.25) is 5.02 Å². The summed E-state index contributed by atoms with van der Waals surface area (Å²) >= 11 is 6.19. The van der Waals surface area contributed by atoms with E-state index in [0.717, 1.165) is 16.9 Å². The van der Waals surface area contributed by atoms with Gasteiger partial charge in [0, 0.05) is 5.56 Å². The van der Waals surface area contributed by atoms with Crippen molar-refractivity contribution in [2.75, 3.05) is 0 Å². The van der Waals surface area contributed by atoms with Crippen LogP contribution in [0.25, 0.3) is 16.9 Å². The maximum Gasteiger partial charge on any atom is 0.132 e. The van der Waals surface area contributed by atoms with Crippen molar-refractivity contribution < 1.29 is 0 Å². The molecule has 5 heteroatoms. The van der Waals surface area contributed by atoms with Gasteiger partial charge in [-0.1, -0.05) is 77.5 Å². The molecular weight excluding hydrogens is 344 g/mol. The van der Waals surface area contributed by atoms with E-state index in [1.807, 2.05) is 89.6 Å². The van der Waals surface area contributed by atoms with Gasteiger partial charge >= 0.3 is 0 Å². The van der Waals surface area contributed by atoms with Gasteiger partial charge in [0.1, 0.15) is 11.4 Å². The van der Waals surface area contributed by atoms with E-state index in [4.69, 9.17) is 11.6 Å². The van der Waals surface area contributed by atoms with Crippen molar-refractivity contribution in [1.82, 2.24) is 15.0 Å². The minimum absolute atomic E-state index is 0.598. The summed E-state index contributed by atoms with van der Waals surface area (Å²) in [5, 5.41) is 9.27. The Hall–Kier alpha value is -3.24. The van der Waals surface area contributed by atoms with Crippen molar-refractivity contribution in [3.63, 3.8) is 0 Å². The Balaban J connectivity index is 1.83. The van der Waals surface area contributed by atoms with Gasteiger partial charge in [-0.15, -0.1) is 5.10 Å². The van der Waals surface area contributed by atoms with Gasteiger partial charge in [-0.2, -0.15) is 0 Å². The number of halogens is 1. The number of nitrogens with zero attached hydrogens (tertiary/aromatic N) is 4. The smallest absolute Gasteiger partial charge is 0.132 e. The van der Waals surface area contributed by atoms with Gasteiger partial charge in [0.05, 0.1) is 22.6 Å².